The van der Waals surface area contributed by atoms with Gasteiger partial charge in [0.15, 0.2) is 0 Å². The molecule has 3 aromatic rings. The van der Waals surface area contributed by atoms with Crippen molar-refractivity contribution >= 4 is 44.4 Å². The molecule has 1 fully saturated rings. The van der Waals surface area contributed by atoms with Crippen LogP contribution in [0.1, 0.15) is 56.6 Å². The summed E-state index contributed by atoms with van der Waals surface area (Å²) >= 11 is 1.01. The molecule has 2 N–H and O–H groups in total. The molecule has 33 heavy (non-hydrogen) atoms. The maximum atomic E-state index is 13.0. The largest absolute Gasteiger partial charge is 0.325 e. The summed E-state index contributed by atoms with van der Waals surface area (Å²) in [5.74, 6) is 0.552. The summed E-state index contributed by atoms with van der Waals surface area (Å²) in [4.78, 5) is 13.1. The Kier molecular flexibility index (Phi) is 7.11. The van der Waals surface area contributed by atoms with Gasteiger partial charge >= 0.3 is 0 Å². The van der Waals surface area contributed by atoms with E-state index in [0.29, 0.717) is 23.5 Å². The number of anilines is 1. The summed E-state index contributed by atoms with van der Waals surface area (Å²) < 4.78 is 36.7. The molecule has 1 saturated carbocycles. The van der Waals surface area contributed by atoms with Crippen molar-refractivity contribution in [2.24, 2.45) is 11.8 Å². The average Bonchev–Trinajstić information content (AvgIpc) is 3.28. The lowest BCUT2D eigenvalue weighted by molar-refractivity contribution is -0.121. The van der Waals surface area contributed by atoms with E-state index in [0.717, 1.165) is 54.2 Å². The molecule has 1 aromatic heterocycles. The Hall–Kier alpha value is -2.36. The van der Waals surface area contributed by atoms with Crippen molar-refractivity contribution in [1.82, 2.24) is 13.5 Å². The number of carbonyl (C=O) groups excluding carboxylic acids is 1. The monoisotopic (exact) mass is 486 g/mol. The minimum absolute atomic E-state index is 0.0488. The van der Waals surface area contributed by atoms with Crippen LogP contribution in [0.5, 0.6) is 0 Å². The number of aryl methyl sites for hydroxylation is 1. The molecule has 1 aliphatic carbocycles. The Morgan fingerprint density at radius 1 is 1.09 bits per heavy atom. The molecule has 0 aliphatic heterocycles. The van der Waals surface area contributed by atoms with Crippen LogP contribution >= 0.6 is 11.7 Å². The molecule has 1 heterocycles. The Morgan fingerprint density at radius 2 is 1.82 bits per heavy atom. The number of hydrogen-bond donors (Lipinski definition) is 2. The van der Waals surface area contributed by atoms with Crippen molar-refractivity contribution in [3.05, 3.63) is 47.5 Å². The summed E-state index contributed by atoms with van der Waals surface area (Å²) in [6.07, 6.45) is 3.14. The number of carbonyl (C=O) groups is 1. The van der Waals surface area contributed by atoms with Crippen molar-refractivity contribution in [3.8, 4) is 0 Å². The fourth-order valence-electron chi connectivity index (χ4n) is 4.50. The first-order chi connectivity index (χ1) is 15.8. The number of nitrogens with zero attached hydrogens (tertiary/aromatic N) is 2. The predicted octanol–water partition coefficient (Wildman–Crippen LogP) is 4.85. The van der Waals surface area contributed by atoms with E-state index in [1.54, 1.807) is 18.2 Å². The minimum atomic E-state index is -3.67. The third-order valence-corrected chi connectivity index (χ3v) is 8.49. The molecule has 7 nitrogen and oxygen atoms in total. The van der Waals surface area contributed by atoms with E-state index < -0.39 is 10.0 Å². The smallest absolute Gasteiger partial charge is 0.242 e. The topological polar surface area (TPSA) is 101 Å². The first-order valence-corrected chi connectivity index (χ1v) is 13.6. The van der Waals surface area contributed by atoms with Gasteiger partial charge in [-0.1, -0.05) is 38.1 Å². The number of fused-ring (bicyclic) bond motifs is 1. The lowest BCUT2D eigenvalue weighted by Crippen LogP contribution is -2.34. The number of aromatic nitrogens is 2. The molecule has 0 saturated heterocycles. The van der Waals surface area contributed by atoms with Gasteiger partial charge < -0.3 is 5.32 Å². The third kappa shape index (κ3) is 5.26. The maximum Gasteiger partial charge on any atom is 0.242 e. The van der Waals surface area contributed by atoms with Crippen molar-refractivity contribution in [2.45, 2.75) is 57.3 Å². The van der Waals surface area contributed by atoms with Crippen LogP contribution in [0.2, 0.25) is 0 Å². The number of benzene rings is 2. The molecule has 9 heteroatoms. The zero-order valence-electron chi connectivity index (χ0n) is 19.2. The van der Waals surface area contributed by atoms with Gasteiger partial charge in [0.2, 0.25) is 15.9 Å². The maximum absolute atomic E-state index is 13.0. The van der Waals surface area contributed by atoms with Crippen LogP contribution < -0.4 is 10.0 Å². The lowest BCUT2D eigenvalue weighted by atomic mass is 9.81. The zero-order chi connectivity index (χ0) is 23.6. The van der Waals surface area contributed by atoms with Gasteiger partial charge in [-0.3, -0.25) is 4.79 Å². The van der Waals surface area contributed by atoms with E-state index in [2.05, 4.69) is 38.7 Å². The summed E-state index contributed by atoms with van der Waals surface area (Å²) in [7, 11) is -3.67. The SMILES string of the molecule is Cc1cccc(C(C)C)c1NC(=O)C1CCC(CNS(=O)(=O)c2cccc3nsnc23)CC1. The van der Waals surface area contributed by atoms with Crippen LogP contribution in [-0.2, 0) is 14.8 Å². The van der Waals surface area contributed by atoms with E-state index in [9.17, 15) is 13.2 Å². The van der Waals surface area contributed by atoms with Gasteiger partial charge in [0.1, 0.15) is 15.9 Å². The van der Waals surface area contributed by atoms with Crippen LogP contribution in [-0.4, -0.2) is 29.6 Å². The molecule has 1 amide bonds. The number of amides is 1. The van der Waals surface area contributed by atoms with Gasteiger partial charge in [0.25, 0.3) is 0 Å². The lowest BCUT2D eigenvalue weighted by Gasteiger charge is -2.28. The van der Waals surface area contributed by atoms with Crippen LogP contribution in [0.15, 0.2) is 41.3 Å². The highest BCUT2D eigenvalue weighted by molar-refractivity contribution is 7.89. The van der Waals surface area contributed by atoms with Gasteiger partial charge in [-0.2, -0.15) is 8.75 Å². The van der Waals surface area contributed by atoms with Crippen LogP contribution in [0, 0.1) is 18.8 Å². The Labute approximate surface area is 199 Å². The van der Waals surface area contributed by atoms with Crippen LogP contribution in [0.3, 0.4) is 0 Å². The molecule has 2 aromatic carbocycles. The van der Waals surface area contributed by atoms with Crippen LogP contribution in [0.25, 0.3) is 11.0 Å². The predicted molar refractivity (Wildman–Crippen MR) is 132 cm³/mol. The zero-order valence-corrected chi connectivity index (χ0v) is 20.8. The highest BCUT2D eigenvalue weighted by Crippen LogP contribution is 2.32. The van der Waals surface area contributed by atoms with Gasteiger partial charge in [-0.25, -0.2) is 13.1 Å². The fourth-order valence-corrected chi connectivity index (χ4v) is 6.38. The van der Waals surface area contributed by atoms with Gasteiger partial charge in [0, 0.05) is 18.2 Å². The molecular weight excluding hydrogens is 456 g/mol. The second kappa shape index (κ2) is 9.87. The van der Waals surface area contributed by atoms with Crippen molar-refractivity contribution in [1.29, 1.82) is 0 Å². The highest BCUT2D eigenvalue weighted by Gasteiger charge is 2.28. The Morgan fingerprint density at radius 3 is 2.55 bits per heavy atom. The van der Waals surface area contributed by atoms with Gasteiger partial charge in [0.05, 0.1) is 11.7 Å². The second-order valence-corrected chi connectivity index (χ2v) is 11.4. The summed E-state index contributed by atoms with van der Waals surface area (Å²) in [6.45, 7) is 6.64. The number of para-hydroxylation sites is 1. The number of nitrogens with one attached hydrogen (secondary N) is 2. The molecular formula is C24H30N4O3S2. The molecule has 0 spiro atoms. The summed E-state index contributed by atoms with van der Waals surface area (Å²) in [6, 6.07) is 11.1. The molecule has 0 bridgehead atoms. The van der Waals surface area contributed by atoms with E-state index in [-0.39, 0.29) is 22.6 Å². The van der Waals surface area contributed by atoms with Crippen molar-refractivity contribution in [3.63, 3.8) is 0 Å². The molecule has 4 rings (SSSR count). The number of hydrogen-bond acceptors (Lipinski definition) is 6. The van der Waals surface area contributed by atoms with E-state index in [1.807, 2.05) is 19.1 Å². The molecule has 0 unspecified atom stereocenters. The summed E-state index contributed by atoms with van der Waals surface area (Å²) in [5.41, 5.74) is 4.15. The second-order valence-electron chi connectivity index (χ2n) is 9.14. The van der Waals surface area contributed by atoms with Gasteiger partial charge in [-0.05, 0) is 67.7 Å². The fraction of sp³-hybridized carbons (Fsp3) is 0.458. The standard InChI is InChI=1S/C24H30N4O3S2/c1-15(2)19-7-4-6-16(3)22(19)26-24(29)18-12-10-17(11-13-18)14-25-33(30,31)21-9-5-8-20-23(21)28-32-27-20/h4-9,15,17-18,25H,10-14H2,1-3H3,(H,26,29). The van der Waals surface area contributed by atoms with E-state index >= 15 is 0 Å². The normalized spacial score (nSPS) is 19.2. The molecule has 176 valence electrons. The first kappa shape index (κ1) is 23.8. The first-order valence-electron chi connectivity index (χ1n) is 11.4. The van der Waals surface area contributed by atoms with Gasteiger partial charge in [-0.15, -0.1) is 0 Å². The number of sulfonamides is 1. The highest BCUT2D eigenvalue weighted by atomic mass is 32.2. The third-order valence-electron chi connectivity index (χ3n) is 6.49. The Balaban J connectivity index is 1.33. The summed E-state index contributed by atoms with van der Waals surface area (Å²) in [5, 5.41) is 3.17. The minimum Gasteiger partial charge on any atom is -0.325 e. The average molecular weight is 487 g/mol. The van der Waals surface area contributed by atoms with Crippen molar-refractivity contribution in [2.75, 3.05) is 11.9 Å². The molecule has 1 aliphatic rings. The van der Waals surface area contributed by atoms with Crippen LogP contribution in [0.4, 0.5) is 5.69 Å². The quantitative estimate of drug-likeness (QED) is 0.497. The molecule has 0 atom stereocenters. The van der Waals surface area contributed by atoms with E-state index in [1.165, 1.54) is 0 Å². The van der Waals surface area contributed by atoms with E-state index in [4.69, 9.17) is 0 Å². The number of rotatable bonds is 7. The molecule has 0 radical (unpaired) electrons. The Bertz CT molecular complexity index is 1250. The van der Waals surface area contributed by atoms with Crippen molar-refractivity contribution < 1.29 is 13.2 Å².